The summed E-state index contributed by atoms with van der Waals surface area (Å²) in [7, 11) is 0. The van der Waals surface area contributed by atoms with Crippen molar-refractivity contribution in [3.05, 3.63) is 41.9 Å². The molecule has 2 heterocycles. The summed E-state index contributed by atoms with van der Waals surface area (Å²) in [5, 5.41) is 5.78. The van der Waals surface area contributed by atoms with Crippen LogP contribution in [0.4, 0.5) is 19.0 Å². The van der Waals surface area contributed by atoms with Gasteiger partial charge in [-0.05, 0) is 30.7 Å². The van der Waals surface area contributed by atoms with E-state index in [0.29, 0.717) is 5.82 Å². The Balaban J connectivity index is 2.00. The number of carbonyl (C=O) groups is 1. The van der Waals surface area contributed by atoms with Crippen LogP contribution >= 0.6 is 0 Å². The van der Waals surface area contributed by atoms with Crippen molar-refractivity contribution in [2.24, 2.45) is 0 Å². The second-order valence-electron chi connectivity index (χ2n) is 4.16. The molecule has 1 N–H and O–H groups in total. The van der Waals surface area contributed by atoms with Crippen LogP contribution in [0.15, 0.2) is 30.6 Å². The molecule has 2 aromatic rings. The Kier molecular flexibility index (Phi) is 3.73. The van der Waals surface area contributed by atoms with Crippen molar-refractivity contribution in [1.82, 2.24) is 14.8 Å². The first-order valence-corrected chi connectivity index (χ1v) is 5.68. The molecular formula is C12H11F3N4O. The molecule has 0 atom stereocenters. The van der Waals surface area contributed by atoms with Crippen molar-refractivity contribution in [1.29, 1.82) is 0 Å². The summed E-state index contributed by atoms with van der Waals surface area (Å²) in [6.45, 7) is 1.52. The Hall–Kier alpha value is -2.38. The van der Waals surface area contributed by atoms with E-state index in [4.69, 9.17) is 0 Å². The van der Waals surface area contributed by atoms with Crippen LogP contribution in [0.5, 0.6) is 0 Å². The van der Waals surface area contributed by atoms with Crippen molar-refractivity contribution in [3.8, 4) is 0 Å². The molecule has 106 valence electrons. The van der Waals surface area contributed by atoms with E-state index in [1.165, 1.54) is 6.20 Å². The van der Waals surface area contributed by atoms with Crippen LogP contribution in [0.25, 0.3) is 0 Å². The van der Waals surface area contributed by atoms with Gasteiger partial charge in [0.05, 0.1) is 0 Å². The van der Waals surface area contributed by atoms with Gasteiger partial charge in [-0.1, -0.05) is 0 Å². The summed E-state index contributed by atoms with van der Waals surface area (Å²) in [6, 6.07) is 4.24. The van der Waals surface area contributed by atoms with E-state index >= 15 is 0 Å². The van der Waals surface area contributed by atoms with Crippen LogP contribution in [0, 0.1) is 6.92 Å². The van der Waals surface area contributed by atoms with Crippen LogP contribution in [0.3, 0.4) is 0 Å². The smallest absolute Gasteiger partial charge is 0.309 e. The predicted octanol–water partition coefficient (Wildman–Crippen LogP) is 2.24. The first kappa shape index (κ1) is 14.0. The third-order valence-corrected chi connectivity index (χ3v) is 2.42. The van der Waals surface area contributed by atoms with Crippen LogP contribution in [0.2, 0.25) is 0 Å². The molecule has 0 bridgehead atoms. The first-order valence-electron chi connectivity index (χ1n) is 5.68. The van der Waals surface area contributed by atoms with E-state index in [-0.39, 0.29) is 6.54 Å². The number of halogens is 3. The standard InChI is InChI=1S/C12H11F3N4O/c1-8-2-4-16-10(6-8)17-11(20)7-19-5-3-9(18-19)12(13,14)15/h2-6H,7H2,1H3,(H,16,17,20). The lowest BCUT2D eigenvalue weighted by Gasteiger charge is -2.05. The molecule has 20 heavy (non-hydrogen) atoms. The zero-order valence-corrected chi connectivity index (χ0v) is 10.5. The van der Waals surface area contributed by atoms with Gasteiger partial charge in [-0.3, -0.25) is 9.48 Å². The van der Waals surface area contributed by atoms with E-state index < -0.39 is 17.8 Å². The minimum Gasteiger partial charge on any atom is -0.309 e. The fourth-order valence-corrected chi connectivity index (χ4v) is 1.53. The lowest BCUT2D eigenvalue weighted by Crippen LogP contribution is -2.20. The number of nitrogens with zero attached hydrogens (tertiary/aromatic N) is 3. The van der Waals surface area contributed by atoms with Gasteiger partial charge in [0.2, 0.25) is 5.91 Å². The van der Waals surface area contributed by atoms with Crippen molar-refractivity contribution in [2.45, 2.75) is 19.6 Å². The third-order valence-electron chi connectivity index (χ3n) is 2.42. The minimum atomic E-state index is -4.51. The van der Waals surface area contributed by atoms with Crippen LogP contribution in [-0.2, 0) is 17.5 Å². The van der Waals surface area contributed by atoms with E-state index in [2.05, 4.69) is 15.4 Å². The molecule has 0 aliphatic rings. The molecule has 0 spiro atoms. The number of anilines is 1. The Morgan fingerprint density at radius 2 is 2.15 bits per heavy atom. The van der Waals surface area contributed by atoms with Crippen LogP contribution in [-0.4, -0.2) is 20.7 Å². The number of amides is 1. The highest BCUT2D eigenvalue weighted by Gasteiger charge is 2.33. The van der Waals surface area contributed by atoms with Crippen molar-refractivity contribution in [2.75, 3.05) is 5.32 Å². The topological polar surface area (TPSA) is 59.8 Å². The number of carbonyl (C=O) groups excluding carboxylic acids is 1. The summed E-state index contributed by atoms with van der Waals surface area (Å²) in [5.74, 6) is -0.155. The second-order valence-corrected chi connectivity index (χ2v) is 4.16. The Morgan fingerprint density at radius 1 is 1.40 bits per heavy atom. The minimum absolute atomic E-state index is 0.314. The normalized spacial score (nSPS) is 11.4. The van der Waals surface area contributed by atoms with Gasteiger partial charge >= 0.3 is 6.18 Å². The molecule has 2 rings (SSSR count). The van der Waals surface area contributed by atoms with E-state index in [1.807, 2.05) is 6.92 Å². The second kappa shape index (κ2) is 5.32. The molecule has 0 saturated carbocycles. The zero-order valence-electron chi connectivity index (χ0n) is 10.5. The monoisotopic (exact) mass is 284 g/mol. The highest BCUT2D eigenvalue weighted by Crippen LogP contribution is 2.27. The highest BCUT2D eigenvalue weighted by molar-refractivity contribution is 5.89. The number of alkyl halides is 3. The number of aryl methyl sites for hydroxylation is 1. The molecule has 2 aromatic heterocycles. The molecule has 0 fully saturated rings. The molecule has 5 nitrogen and oxygen atoms in total. The fraction of sp³-hybridized carbons (Fsp3) is 0.250. The predicted molar refractivity (Wildman–Crippen MR) is 64.8 cm³/mol. The molecule has 0 aromatic carbocycles. The molecule has 0 radical (unpaired) electrons. The van der Waals surface area contributed by atoms with Crippen molar-refractivity contribution in [3.63, 3.8) is 0 Å². The maximum Gasteiger partial charge on any atom is 0.435 e. The molecule has 0 aliphatic carbocycles. The van der Waals surface area contributed by atoms with Gasteiger partial charge in [0.25, 0.3) is 0 Å². The third kappa shape index (κ3) is 3.56. The summed E-state index contributed by atoms with van der Waals surface area (Å²) in [6.07, 6.45) is -1.88. The lowest BCUT2D eigenvalue weighted by atomic mass is 10.3. The quantitative estimate of drug-likeness (QED) is 0.940. The van der Waals surface area contributed by atoms with Gasteiger partial charge in [-0.25, -0.2) is 4.98 Å². The van der Waals surface area contributed by atoms with Gasteiger partial charge in [0.15, 0.2) is 5.69 Å². The van der Waals surface area contributed by atoms with Gasteiger partial charge in [-0.2, -0.15) is 18.3 Å². The van der Waals surface area contributed by atoms with Crippen molar-refractivity contribution < 1.29 is 18.0 Å². The summed E-state index contributed by atoms with van der Waals surface area (Å²) in [5.41, 5.74) is -0.118. The molecular weight excluding hydrogens is 273 g/mol. The van der Waals surface area contributed by atoms with Crippen LogP contribution in [0.1, 0.15) is 11.3 Å². The number of hydrogen-bond donors (Lipinski definition) is 1. The number of pyridine rings is 1. The van der Waals surface area contributed by atoms with Gasteiger partial charge in [0, 0.05) is 12.4 Å². The summed E-state index contributed by atoms with van der Waals surface area (Å²) in [4.78, 5) is 15.6. The maximum atomic E-state index is 12.3. The largest absolute Gasteiger partial charge is 0.435 e. The number of aromatic nitrogens is 3. The van der Waals surface area contributed by atoms with Crippen molar-refractivity contribution >= 4 is 11.7 Å². The summed E-state index contributed by atoms with van der Waals surface area (Å²) < 4.78 is 38.0. The van der Waals surface area contributed by atoms with Crippen LogP contribution < -0.4 is 5.32 Å². The Labute approximate surface area is 112 Å². The maximum absolute atomic E-state index is 12.3. The Morgan fingerprint density at radius 3 is 2.75 bits per heavy atom. The molecule has 1 amide bonds. The average molecular weight is 284 g/mol. The van der Waals surface area contributed by atoms with Gasteiger partial charge < -0.3 is 5.32 Å². The molecule has 0 unspecified atom stereocenters. The highest BCUT2D eigenvalue weighted by atomic mass is 19.4. The van der Waals surface area contributed by atoms with E-state index in [9.17, 15) is 18.0 Å². The van der Waals surface area contributed by atoms with E-state index in [0.717, 1.165) is 22.5 Å². The number of nitrogens with one attached hydrogen (secondary N) is 1. The van der Waals surface area contributed by atoms with Gasteiger partial charge in [-0.15, -0.1) is 0 Å². The Bertz CT molecular complexity index is 621. The van der Waals surface area contributed by atoms with Gasteiger partial charge in [0.1, 0.15) is 12.4 Å². The summed E-state index contributed by atoms with van der Waals surface area (Å²) >= 11 is 0. The molecule has 0 aliphatic heterocycles. The average Bonchev–Trinajstić information content (AvgIpc) is 2.76. The first-order chi connectivity index (χ1) is 9.34. The molecule has 0 saturated heterocycles. The van der Waals surface area contributed by atoms with E-state index in [1.54, 1.807) is 12.1 Å². The molecule has 8 heteroatoms. The number of hydrogen-bond acceptors (Lipinski definition) is 3. The lowest BCUT2D eigenvalue weighted by molar-refractivity contribution is -0.141. The number of rotatable bonds is 3. The zero-order chi connectivity index (χ0) is 14.8. The SMILES string of the molecule is Cc1ccnc(NC(=O)Cn2ccc(C(F)(F)F)n2)c1. The fourth-order valence-electron chi connectivity index (χ4n) is 1.53.